The fraction of sp³-hybridized carbons (Fsp3) is 0.676. The Morgan fingerprint density at radius 3 is 0.603 bits per heavy atom. The molecular weight excluding hydrogens is 1650 g/mol. The average Bonchev–Trinajstić information content (AvgIpc) is 0.897. The first-order valence-corrected chi connectivity index (χ1v) is 51.0. The number of rotatable bonds is 84. The zero-order valence-electron chi connectivity index (χ0n) is 84.2. The van der Waals surface area contributed by atoms with Crippen molar-refractivity contribution in [1.82, 2.24) is 0 Å². The number of hydrogen-bond donors (Lipinski definition) is 0. The Bertz CT molecular complexity index is 3130. The minimum atomic E-state index is 0.0907. The third kappa shape index (κ3) is 87.4. The minimum absolute atomic E-state index is 0.0907. The van der Waals surface area contributed by atoms with Crippen molar-refractivity contribution in [3.8, 4) is 34.5 Å². The van der Waals surface area contributed by atoms with Crippen molar-refractivity contribution >= 4 is 0 Å². The summed E-state index contributed by atoms with van der Waals surface area (Å²) in [5.41, 5.74) is 4.20. The van der Waals surface area contributed by atoms with Gasteiger partial charge in [0.2, 0.25) is 0 Å². The zero-order valence-corrected chi connectivity index (χ0v) is 84.2. The molecule has 0 aliphatic rings. The van der Waals surface area contributed by atoms with Gasteiger partial charge in [0.25, 0.3) is 0 Å². The molecule has 6 rings (SSSR count). The van der Waals surface area contributed by atoms with Gasteiger partial charge in [0.1, 0.15) is 67.0 Å². The Hall–Kier alpha value is -6.44. The molecule has 0 saturated heterocycles. The molecule has 0 aliphatic carbocycles. The van der Waals surface area contributed by atoms with Crippen LogP contribution in [0.5, 0.6) is 34.5 Å². The maximum absolute atomic E-state index is 5.92. The first-order chi connectivity index (χ1) is 64.7. The predicted octanol–water partition coefficient (Wildman–Crippen LogP) is 25.7. The molecule has 6 aromatic carbocycles. The fourth-order valence-electron chi connectivity index (χ4n) is 12.4. The van der Waals surface area contributed by atoms with Crippen molar-refractivity contribution in [3.05, 3.63) is 180 Å². The van der Waals surface area contributed by atoms with Gasteiger partial charge in [0.15, 0.2) is 0 Å². The van der Waals surface area contributed by atoms with E-state index in [-0.39, 0.29) is 6.10 Å². The van der Waals surface area contributed by atoms with Crippen molar-refractivity contribution in [2.75, 3.05) is 211 Å². The number of unbranched alkanes of at least 4 members (excludes halogenated alkanes) is 18. The molecule has 0 aliphatic heterocycles. The highest BCUT2D eigenvalue weighted by Crippen LogP contribution is 2.21. The van der Waals surface area contributed by atoms with Crippen molar-refractivity contribution in [2.24, 2.45) is 0 Å². The van der Waals surface area contributed by atoms with Crippen LogP contribution in [0.2, 0.25) is 0 Å². The molecule has 2 atom stereocenters. The Labute approximate surface area is 797 Å². The van der Waals surface area contributed by atoms with Gasteiger partial charge in [0.05, 0.1) is 165 Å². The molecule has 6 aromatic rings. The maximum atomic E-state index is 5.92. The van der Waals surface area contributed by atoms with E-state index in [0.29, 0.717) is 184 Å². The van der Waals surface area contributed by atoms with Crippen molar-refractivity contribution in [2.45, 2.75) is 281 Å². The third-order valence-electron chi connectivity index (χ3n) is 19.9. The van der Waals surface area contributed by atoms with Crippen LogP contribution in [0.1, 0.15) is 266 Å². The van der Waals surface area contributed by atoms with E-state index in [0.717, 1.165) is 112 Å². The Morgan fingerprint density at radius 2 is 0.374 bits per heavy atom. The predicted molar refractivity (Wildman–Crippen MR) is 539 cm³/mol. The van der Waals surface area contributed by atoms with E-state index >= 15 is 0 Å². The molecule has 0 aromatic heterocycles. The molecule has 0 N–H and O–H groups in total. The SMILES string of the molecule is CCCCCCCCCc1ccc(OC(C)COC(C)CC)cc1.CCCCCCCCCc1ccc(OCCOCCOCCOCCC)cc1.CCCCCCCCCc1ccc(OCCOCCOCCOCCOCCOCCOCCOCCC)cc1.CCCOCCOCCOc1ccccc1.CCCOCCOc1ccccc1.CCCOc1ccccc1. The van der Waals surface area contributed by atoms with Crippen LogP contribution in [-0.2, 0) is 85.6 Å². The molecule has 0 saturated carbocycles. The van der Waals surface area contributed by atoms with Gasteiger partial charge < -0.3 is 94.7 Å². The first kappa shape index (κ1) is 123. The van der Waals surface area contributed by atoms with Gasteiger partial charge in [-0.2, -0.15) is 0 Å². The summed E-state index contributed by atoms with van der Waals surface area (Å²) in [6, 6.07) is 55.0. The smallest absolute Gasteiger partial charge is 0.119 e. The summed E-state index contributed by atoms with van der Waals surface area (Å²) in [6.45, 7) is 43.5. The van der Waals surface area contributed by atoms with Gasteiger partial charge >= 0.3 is 0 Å². The Kier molecular flexibility index (Phi) is 94.5. The van der Waals surface area contributed by atoms with Crippen LogP contribution < -0.4 is 28.4 Å². The summed E-state index contributed by atoms with van der Waals surface area (Å²) in [6.07, 6.45) is 38.7. The molecular formula is C111H186O20. The average molecular weight is 1840 g/mol. The van der Waals surface area contributed by atoms with Gasteiger partial charge in [-0.15, -0.1) is 0 Å². The highest BCUT2D eigenvalue weighted by atomic mass is 16.6. The van der Waals surface area contributed by atoms with Crippen LogP contribution in [0.15, 0.2) is 164 Å². The van der Waals surface area contributed by atoms with Crippen LogP contribution in [0.3, 0.4) is 0 Å². The summed E-state index contributed by atoms with van der Waals surface area (Å²) < 4.78 is 110. The monoisotopic (exact) mass is 1840 g/mol. The molecule has 131 heavy (non-hydrogen) atoms. The van der Waals surface area contributed by atoms with Gasteiger partial charge in [-0.1, -0.05) is 269 Å². The highest BCUT2D eigenvalue weighted by molar-refractivity contribution is 5.30. The van der Waals surface area contributed by atoms with Crippen molar-refractivity contribution in [3.63, 3.8) is 0 Å². The van der Waals surface area contributed by atoms with Crippen LogP contribution in [0.25, 0.3) is 0 Å². The van der Waals surface area contributed by atoms with E-state index in [1.54, 1.807) is 0 Å². The number of aryl methyl sites for hydroxylation is 3. The van der Waals surface area contributed by atoms with E-state index in [4.69, 9.17) is 94.7 Å². The van der Waals surface area contributed by atoms with E-state index in [9.17, 15) is 0 Å². The second-order valence-corrected chi connectivity index (χ2v) is 32.2. The number of para-hydroxylation sites is 3. The van der Waals surface area contributed by atoms with E-state index in [1.807, 2.05) is 91.0 Å². The van der Waals surface area contributed by atoms with Gasteiger partial charge in [-0.25, -0.2) is 0 Å². The largest absolute Gasteiger partial charge is 0.494 e. The minimum Gasteiger partial charge on any atom is -0.494 e. The van der Waals surface area contributed by atoms with E-state index in [1.165, 1.54) is 164 Å². The number of hydrogen-bond acceptors (Lipinski definition) is 20. The number of ether oxygens (including phenoxy) is 20. The lowest BCUT2D eigenvalue weighted by atomic mass is 10.0. The molecule has 2 unspecified atom stereocenters. The second kappa shape index (κ2) is 101. The van der Waals surface area contributed by atoms with Gasteiger partial charge in [-0.3, -0.25) is 0 Å². The van der Waals surface area contributed by atoms with Crippen LogP contribution in [0, 0.1) is 0 Å². The second-order valence-electron chi connectivity index (χ2n) is 32.2. The summed E-state index contributed by atoms with van der Waals surface area (Å²) in [4.78, 5) is 0. The van der Waals surface area contributed by atoms with Crippen LogP contribution >= 0.6 is 0 Å². The molecule has 0 spiro atoms. The van der Waals surface area contributed by atoms with E-state index in [2.05, 4.69) is 149 Å². The van der Waals surface area contributed by atoms with Crippen LogP contribution in [-0.4, -0.2) is 224 Å². The summed E-state index contributed by atoms with van der Waals surface area (Å²) in [5.74, 6) is 5.50. The lowest BCUT2D eigenvalue weighted by molar-refractivity contribution is -0.0211. The molecule has 0 fully saturated rings. The first-order valence-electron chi connectivity index (χ1n) is 51.0. The Balaban J connectivity index is 0.000000830. The molecule has 20 heteroatoms. The fourth-order valence-corrected chi connectivity index (χ4v) is 12.4. The normalized spacial score (nSPS) is 11.3. The lowest BCUT2D eigenvalue weighted by Crippen LogP contribution is -2.22. The maximum Gasteiger partial charge on any atom is 0.119 e. The molecule has 0 amide bonds. The standard InChI is InChI=1S/C32H58O8.C24H42O4.C22H38O2.C13H20O3.C11H16O2.C9H12O/c1-3-5-6-7-8-9-10-11-31-12-14-32(15-13-31)40-30-29-39-28-27-38-26-25-37-24-23-36-22-21-35-20-19-34-18-17-33-16-4-2;1-3-5-6-7-8-9-10-11-23-12-14-24(15-13-23)28-22-21-27-20-19-26-18-17-25-16-4-2;1-5-7-8-9-10-11-12-13-21-14-16-22(17-15-21)24-20(4)18-23-19(3)6-2;1-2-8-14-9-10-15-11-12-16-13-6-4-3-5-7-13;1-2-8-12-9-10-13-11-6-4-3-5-7-11;1-2-8-10-9-6-4-3-5-7-9/h12-15H,3-11,16-30H2,1-2H3;12-15H,3-11,16-22H2,1-2H3;14-17,19-20H,5-13,18H2,1-4H3;3-7H,2,8-12H2,1H3;3-7H,2,8-10H2,1H3;3-7H,2,8H2,1H3. The molecule has 0 heterocycles. The van der Waals surface area contributed by atoms with Gasteiger partial charge in [-0.05, 0) is 180 Å². The van der Waals surface area contributed by atoms with Crippen molar-refractivity contribution < 1.29 is 94.7 Å². The summed E-state index contributed by atoms with van der Waals surface area (Å²) >= 11 is 0. The third-order valence-corrected chi connectivity index (χ3v) is 19.9. The van der Waals surface area contributed by atoms with Crippen molar-refractivity contribution in [1.29, 1.82) is 0 Å². The molecule has 0 radical (unpaired) electrons. The molecule has 0 bridgehead atoms. The molecule has 750 valence electrons. The van der Waals surface area contributed by atoms with Crippen LogP contribution in [0.4, 0.5) is 0 Å². The zero-order chi connectivity index (χ0) is 94.4. The summed E-state index contributed by atoms with van der Waals surface area (Å²) in [5, 5.41) is 0. The lowest BCUT2D eigenvalue weighted by Gasteiger charge is -2.18. The van der Waals surface area contributed by atoms with E-state index < -0.39 is 0 Å². The number of benzene rings is 6. The highest BCUT2D eigenvalue weighted by Gasteiger charge is 2.09. The quantitative estimate of drug-likeness (QED) is 0.0328. The van der Waals surface area contributed by atoms with Gasteiger partial charge in [0, 0.05) is 26.4 Å². The molecule has 20 nitrogen and oxygen atoms in total. The Morgan fingerprint density at radius 1 is 0.176 bits per heavy atom. The topological polar surface area (TPSA) is 185 Å². The summed E-state index contributed by atoms with van der Waals surface area (Å²) in [7, 11) is 0.